The topological polar surface area (TPSA) is 45.8 Å². The van der Waals surface area contributed by atoms with Crippen molar-refractivity contribution < 1.29 is 0 Å². The summed E-state index contributed by atoms with van der Waals surface area (Å²) in [5.74, 6) is 0. The molecular weight excluding hydrogens is 224 g/mol. The fourth-order valence-corrected chi connectivity index (χ4v) is 1.63. The van der Waals surface area contributed by atoms with E-state index in [0.717, 1.165) is 5.56 Å². The van der Waals surface area contributed by atoms with Gasteiger partial charge in [0.15, 0.2) is 0 Å². The van der Waals surface area contributed by atoms with Gasteiger partial charge in [0.2, 0.25) is 0 Å². The van der Waals surface area contributed by atoms with Crippen molar-refractivity contribution in [3.05, 3.63) is 76.2 Å². The van der Waals surface area contributed by atoms with E-state index >= 15 is 0 Å². The zero-order chi connectivity index (χ0) is 12.8. The fraction of sp³-hybridized carbons (Fsp3) is 0.0667. The molecule has 0 unspecified atom stereocenters. The van der Waals surface area contributed by atoms with Crippen molar-refractivity contribution in [3.63, 3.8) is 0 Å². The number of hydrogen-bond acceptors (Lipinski definition) is 2. The molecule has 0 amide bonds. The number of rotatable bonds is 3. The molecule has 0 saturated heterocycles. The molecule has 3 nitrogen and oxygen atoms in total. The fourth-order valence-electron chi connectivity index (χ4n) is 1.63. The van der Waals surface area contributed by atoms with Gasteiger partial charge in [-0.25, -0.2) is 0 Å². The van der Waals surface area contributed by atoms with Gasteiger partial charge in [-0.05, 0) is 17.7 Å². The van der Waals surface area contributed by atoms with Crippen molar-refractivity contribution in [2.75, 3.05) is 0 Å². The molecule has 1 aromatic heterocycles. The van der Waals surface area contributed by atoms with Crippen LogP contribution in [0.3, 0.4) is 0 Å². The molecule has 0 saturated carbocycles. The summed E-state index contributed by atoms with van der Waals surface area (Å²) in [7, 11) is 0. The van der Waals surface area contributed by atoms with E-state index in [0.29, 0.717) is 6.54 Å². The Morgan fingerprint density at radius 1 is 1.17 bits per heavy atom. The summed E-state index contributed by atoms with van der Waals surface area (Å²) < 4.78 is 1.51. The summed E-state index contributed by atoms with van der Waals surface area (Å²) in [6.45, 7) is 0.462. The van der Waals surface area contributed by atoms with Crippen molar-refractivity contribution in [2.45, 2.75) is 6.54 Å². The first kappa shape index (κ1) is 11.9. The molecule has 0 aliphatic heterocycles. The third-order valence-corrected chi connectivity index (χ3v) is 2.55. The van der Waals surface area contributed by atoms with Crippen LogP contribution in [0.1, 0.15) is 11.1 Å². The molecule has 0 radical (unpaired) electrons. The Bertz CT molecular complexity index is 648. The monoisotopic (exact) mass is 236 g/mol. The predicted molar refractivity (Wildman–Crippen MR) is 70.9 cm³/mol. The molecular formula is C15H12N2O. The predicted octanol–water partition coefficient (Wildman–Crippen LogP) is 2.43. The second-order valence-electron chi connectivity index (χ2n) is 3.80. The van der Waals surface area contributed by atoms with Gasteiger partial charge in [0.05, 0.1) is 0 Å². The first-order chi connectivity index (χ1) is 8.81. The van der Waals surface area contributed by atoms with Crippen LogP contribution < -0.4 is 5.56 Å². The lowest BCUT2D eigenvalue weighted by Crippen LogP contribution is -2.20. The summed E-state index contributed by atoms with van der Waals surface area (Å²) in [5.41, 5.74) is 1.00. The normalized spacial score (nSPS) is 10.4. The van der Waals surface area contributed by atoms with E-state index in [1.54, 1.807) is 12.3 Å². The second-order valence-corrected chi connectivity index (χ2v) is 3.80. The smallest absolute Gasteiger partial charge is 0.268 e. The van der Waals surface area contributed by atoms with Crippen LogP contribution in [0, 0.1) is 11.3 Å². The first-order valence-electron chi connectivity index (χ1n) is 5.62. The van der Waals surface area contributed by atoms with Gasteiger partial charge in [0.1, 0.15) is 11.6 Å². The van der Waals surface area contributed by atoms with E-state index in [1.807, 2.05) is 48.6 Å². The summed E-state index contributed by atoms with van der Waals surface area (Å²) in [6.07, 6.45) is 5.53. The van der Waals surface area contributed by atoms with E-state index in [9.17, 15) is 4.79 Å². The van der Waals surface area contributed by atoms with E-state index in [2.05, 4.69) is 0 Å². The highest BCUT2D eigenvalue weighted by Gasteiger charge is 1.99. The second kappa shape index (κ2) is 5.65. The van der Waals surface area contributed by atoms with Crippen molar-refractivity contribution in [3.8, 4) is 6.07 Å². The molecule has 3 heteroatoms. The van der Waals surface area contributed by atoms with Gasteiger partial charge in [0.25, 0.3) is 5.56 Å². The van der Waals surface area contributed by atoms with Gasteiger partial charge in [0, 0.05) is 12.7 Å². The highest BCUT2D eigenvalue weighted by Crippen LogP contribution is 2.01. The zero-order valence-electron chi connectivity index (χ0n) is 9.78. The zero-order valence-corrected chi connectivity index (χ0v) is 9.78. The lowest BCUT2D eigenvalue weighted by molar-refractivity contribution is 0.778. The van der Waals surface area contributed by atoms with Gasteiger partial charge >= 0.3 is 0 Å². The molecule has 0 fully saturated rings. The van der Waals surface area contributed by atoms with Gasteiger partial charge < -0.3 is 4.57 Å². The van der Waals surface area contributed by atoms with Crippen LogP contribution in [0.25, 0.3) is 6.08 Å². The van der Waals surface area contributed by atoms with E-state index < -0.39 is 0 Å². The number of allylic oxidation sites excluding steroid dienone is 1. The Balaban J connectivity index is 2.15. The van der Waals surface area contributed by atoms with Crippen LogP contribution in [-0.4, -0.2) is 4.57 Å². The number of nitriles is 1. The maximum Gasteiger partial charge on any atom is 0.268 e. The van der Waals surface area contributed by atoms with Crippen molar-refractivity contribution >= 4 is 6.08 Å². The maximum atomic E-state index is 11.7. The average Bonchev–Trinajstić information content (AvgIpc) is 2.42. The number of benzene rings is 1. The molecule has 0 bridgehead atoms. The van der Waals surface area contributed by atoms with Crippen LogP contribution in [0.15, 0.2) is 59.5 Å². The molecule has 2 aromatic rings. The summed E-state index contributed by atoms with van der Waals surface area (Å²) in [4.78, 5) is 11.7. The highest BCUT2D eigenvalue weighted by molar-refractivity contribution is 5.48. The van der Waals surface area contributed by atoms with Crippen molar-refractivity contribution in [2.24, 2.45) is 0 Å². The van der Waals surface area contributed by atoms with Crippen LogP contribution in [0.4, 0.5) is 0 Å². The molecule has 88 valence electrons. The quantitative estimate of drug-likeness (QED) is 0.821. The Morgan fingerprint density at radius 2 is 1.94 bits per heavy atom. The Kier molecular flexibility index (Phi) is 3.72. The molecule has 0 atom stereocenters. The number of pyridine rings is 1. The average molecular weight is 236 g/mol. The summed E-state index contributed by atoms with van der Waals surface area (Å²) >= 11 is 0. The standard InChI is InChI=1S/C15H12N2O/c16-12-14-9-5-11-17(15(14)18)10-4-8-13-6-2-1-3-7-13/h1-9,11H,10H2/b8-4+. The number of aromatic nitrogens is 1. The van der Waals surface area contributed by atoms with Crippen molar-refractivity contribution in [1.29, 1.82) is 5.26 Å². The Morgan fingerprint density at radius 3 is 2.67 bits per heavy atom. The van der Waals surface area contributed by atoms with Gasteiger partial charge in [-0.3, -0.25) is 4.79 Å². The molecule has 1 aromatic carbocycles. The van der Waals surface area contributed by atoms with Crippen LogP contribution in [0.5, 0.6) is 0 Å². The molecule has 2 rings (SSSR count). The molecule has 18 heavy (non-hydrogen) atoms. The molecule has 0 aliphatic rings. The Hall–Kier alpha value is -2.60. The number of hydrogen-bond donors (Lipinski definition) is 0. The Labute approximate surface area is 105 Å². The minimum absolute atomic E-state index is 0.172. The largest absolute Gasteiger partial charge is 0.311 e. The molecule has 0 N–H and O–H groups in total. The van der Waals surface area contributed by atoms with Crippen molar-refractivity contribution in [1.82, 2.24) is 4.57 Å². The SMILES string of the molecule is N#Cc1cccn(C/C=C/c2ccccc2)c1=O. The van der Waals surface area contributed by atoms with E-state index in [1.165, 1.54) is 10.6 Å². The maximum absolute atomic E-state index is 11.7. The first-order valence-corrected chi connectivity index (χ1v) is 5.62. The number of nitrogens with zero attached hydrogens (tertiary/aromatic N) is 2. The van der Waals surface area contributed by atoms with E-state index in [-0.39, 0.29) is 11.1 Å². The van der Waals surface area contributed by atoms with Crippen LogP contribution >= 0.6 is 0 Å². The lowest BCUT2D eigenvalue weighted by atomic mass is 10.2. The lowest BCUT2D eigenvalue weighted by Gasteiger charge is -2.01. The minimum atomic E-state index is -0.252. The molecule has 0 spiro atoms. The van der Waals surface area contributed by atoms with Gasteiger partial charge in [-0.2, -0.15) is 5.26 Å². The van der Waals surface area contributed by atoms with Crippen LogP contribution in [0.2, 0.25) is 0 Å². The third kappa shape index (κ3) is 2.74. The minimum Gasteiger partial charge on any atom is -0.311 e. The van der Waals surface area contributed by atoms with Gasteiger partial charge in [-0.15, -0.1) is 0 Å². The summed E-state index contributed by atoms with van der Waals surface area (Å²) in [6, 6.07) is 15.0. The van der Waals surface area contributed by atoms with Gasteiger partial charge in [-0.1, -0.05) is 42.5 Å². The van der Waals surface area contributed by atoms with E-state index in [4.69, 9.17) is 5.26 Å². The highest BCUT2D eigenvalue weighted by atomic mass is 16.1. The third-order valence-electron chi connectivity index (χ3n) is 2.55. The summed E-state index contributed by atoms with van der Waals surface area (Å²) in [5, 5.41) is 8.76. The molecule has 1 heterocycles. The van der Waals surface area contributed by atoms with Crippen LogP contribution in [-0.2, 0) is 6.54 Å². The molecule has 0 aliphatic carbocycles.